The molecule has 1 aromatic carbocycles. The molecule has 1 N–H and O–H groups in total. The van der Waals surface area contributed by atoms with E-state index < -0.39 is 0 Å². The van der Waals surface area contributed by atoms with Crippen LogP contribution in [0.15, 0.2) is 53.7 Å². The SMILES string of the molecule is CN(C)c1ccc(NC2CCN(c3nc(-c4ccncn4)cc(=O)n3C)CC2)cc1. The summed E-state index contributed by atoms with van der Waals surface area (Å²) in [5.74, 6) is 0.685. The summed E-state index contributed by atoms with van der Waals surface area (Å²) in [4.78, 5) is 29.7. The van der Waals surface area contributed by atoms with Gasteiger partial charge < -0.3 is 15.1 Å². The molecule has 1 saturated heterocycles. The second-order valence-electron chi connectivity index (χ2n) is 7.78. The quantitative estimate of drug-likeness (QED) is 0.698. The van der Waals surface area contributed by atoms with E-state index in [2.05, 4.69) is 49.4 Å². The third kappa shape index (κ3) is 4.27. The molecule has 1 aliphatic rings. The van der Waals surface area contributed by atoms with Gasteiger partial charge in [0.1, 0.15) is 6.33 Å². The monoisotopic (exact) mass is 405 g/mol. The number of hydrogen-bond acceptors (Lipinski definition) is 7. The van der Waals surface area contributed by atoms with Gasteiger partial charge in [0.25, 0.3) is 5.56 Å². The second kappa shape index (κ2) is 8.52. The van der Waals surface area contributed by atoms with Crippen LogP contribution < -0.4 is 20.7 Å². The Morgan fingerprint density at radius 3 is 2.43 bits per heavy atom. The highest BCUT2D eigenvalue weighted by Gasteiger charge is 2.22. The number of nitrogens with one attached hydrogen (secondary N) is 1. The second-order valence-corrected chi connectivity index (χ2v) is 7.78. The van der Waals surface area contributed by atoms with Gasteiger partial charge in [0, 0.05) is 63.9 Å². The van der Waals surface area contributed by atoms with Gasteiger partial charge in [-0.05, 0) is 43.2 Å². The van der Waals surface area contributed by atoms with E-state index in [1.165, 1.54) is 18.1 Å². The average Bonchev–Trinajstić information content (AvgIpc) is 2.77. The maximum absolute atomic E-state index is 12.5. The molecule has 0 saturated carbocycles. The third-order valence-electron chi connectivity index (χ3n) is 5.49. The lowest BCUT2D eigenvalue weighted by atomic mass is 10.0. The number of hydrogen-bond donors (Lipinski definition) is 1. The van der Waals surface area contributed by atoms with Crippen LogP contribution in [-0.4, -0.2) is 52.7 Å². The zero-order valence-corrected chi connectivity index (χ0v) is 17.6. The summed E-state index contributed by atoms with van der Waals surface area (Å²) in [6, 6.07) is 12.2. The highest BCUT2D eigenvalue weighted by molar-refractivity contribution is 5.56. The first kappa shape index (κ1) is 19.9. The van der Waals surface area contributed by atoms with Crippen molar-refractivity contribution in [3.8, 4) is 11.4 Å². The number of aromatic nitrogens is 4. The average molecular weight is 406 g/mol. The van der Waals surface area contributed by atoms with Crippen molar-refractivity contribution in [2.24, 2.45) is 7.05 Å². The Kier molecular flexibility index (Phi) is 5.65. The highest BCUT2D eigenvalue weighted by Crippen LogP contribution is 2.23. The van der Waals surface area contributed by atoms with Crippen LogP contribution in [-0.2, 0) is 7.05 Å². The van der Waals surface area contributed by atoms with Crippen molar-refractivity contribution in [3.05, 3.63) is 59.3 Å². The number of benzene rings is 1. The molecule has 1 fully saturated rings. The van der Waals surface area contributed by atoms with Crippen LogP contribution in [0.4, 0.5) is 17.3 Å². The van der Waals surface area contributed by atoms with E-state index in [0.717, 1.165) is 31.6 Å². The molecule has 0 amide bonds. The van der Waals surface area contributed by atoms with E-state index in [1.807, 2.05) is 14.1 Å². The lowest BCUT2D eigenvalue weighted by Crippen LogP contribution is -2.42. The van der Waals surface area contributed by atoms with Gasteiger partial charge in [-0.3, -0.25) is 9.36 Å². The minimum absolute atomic E-state index is 0.0881. The minimum Gasteiger partial charge on any atom is -0.382 e. The van der Waals surface area contributed by atoms with Gasteiger partial charge in [-0.1, -0.05) is 0 Å². The molecule has 0 radical (unpaired) electrons. The molecule has 156 valence electrons. The van der Waals surface area contributed by atoms with Crippen molar-refractivity contribution in [2.45, 2.75) is 18.9 Å². The molecule has 0 atom stereocenters. The Morgan fingerprint density at radius 2 is 1.80 bits per heavy atom. The molecule has 3 heterocycles. The molecule has 1 aliphatic heterocycles. The van der Waals surface area contributed by atoms with Gasteiger partial charge in [-0.2, -0.15) is 0 Å². The number of piperidine rings is 1. The molecule has 0 aliphatic carbocycles. The Morgan fingerprint density at radius 1 is 1.07 bits per heavy atom. The first-order valence-electron chi connectivity index (χ1n) is 10.1. The molecule has 3 aromatic rings. The van der Waals surface area contributed by atoms with Crippen LogP contribution in [0.25, 0.3) is 11.4 Å². The van der Waals surface area contributed by atoms with Crippen LogP contribution in [0.1, 0.15) is 12.8 Å². The number of nitrogens with zero attached hydrogens (tertiary/aromatic N) is 6. The van der Waals surface area contributed by atoms with Crippen molar-refractivity contribution >= 4 is 17.3 Å². The van der Waals surface area contributed by atoms with E-state index in [-0.39, 0.29) is 5.56 Å². The van der Waals surface area contributed by atoms with E-state index in [0.29, 0.717) is 23.4 Å². The molecule has 0 unspecified atom stereocenters. The summed E-state index contributed by atoms with van der Waals surface area (Å²) < 4.78 is 1.61. The van der Waals surface area contributed by atoms with Crippen LogP contribution >= 0.6 is 0 Å². The predicted octanol–water partition coefficient (Wildman–Crippen LogP) is 2.38. The molecular formula is C22H27N7O. The minimum atomic E-state index is -0.0881. The van der Waals surface area contributed by atoms with E-state index in [1.54, 1.807) is 23.9 Å². The summed E-state index contributed by atoms with van der Waals surface area (Å²) in [5, 5.41) is 3.63. The lowest BCUT2D eigenvalue weighted by Gasteiger charge is -2.34. The molecule has 0 bridgehead atoms. The third-order valence-corrected chi connectivity index (χ3v) is 5.49. The summed E-state index contributed by atoms with van der Waals surface area (Å²) in [6.45, 7) is 1.67. The van der Waals surface area contributed by atoms with Crippen molar-refractivity contribution < 1.29 is 0 Å². The molecule has 0 spiro atoms. The normalized spacial score (nSPS) is 14.6. The first-order valence-corrected chi connectivity index (χ1v) is 10.1. The summed E-state index contributed by atoms with van der Waals surface area (Å²) in [5.41, 5.74) is 3.47. The fourth-order valence-corrected chi connectivity index (χ4v) is 3.70. The molecule has 4 rings (SSSR count). The Hall–Kier alpha value is -3.42. The van der Waals surface area contributed by atoms with Crippen molar-refractivity contribution in [3.63, 3.8) is 0 Å². The van der Waals surface area contributed by atoms with Gasteiger partial charge in [-0.15, -0.1) is 0 Å². The Bertz CT molecular complexity index is 1040. The fourth-order valence-electron chi connectivity index (χ4n) is 3.70. The highest BCUT2D eigenvalue weighted by atomic mass is 16.1. The smallest absolute Gasteiger partial charge is 0.255 e. The zero-order chi connectivity index (χ0) is 21.1. The van der Waals surface area contributed by atoms with Gasteiger partial charge in [-0.25, -0.2) is 15.0 Å². The largest absolute Gasteiger partial charge is 0.382 e. The van der Waals surface area contributed by atoms with Crippen LogP contribution in [0.2, 0.25) is 0 Å². The van der Waals surface area contributed by atoms with Crippen LogP contribution in [0.3, 0.4) is 0 Å². The Labute approximate surface area is 176 Å². The van der Waals surface area contributed by atoms with E-state index >= 15 is 0 Å². The predicted molar refractivity (Wildman–Crippen MR) is 120 cm³/mol. The van der Waals surface area contributed by atoms with Gasteiger partial charge in [0.05, 0.1) is 11.4 Å². The summed E-state index contributed by atoms with van der Waals surface area (Å²) >= 11 is 0. The zero-order valence-electron chi connectivity index (χ0n) is 17.6. The van der Waals surface area contributed by atoms with Crippen LogP contribution in [0, 0.1) is 0 Å². The van der Waals surface area contributed by atoms with Gasteiger partial charge >= 0.3 is 0 Å². The Balaban J connectivity index is 1.45. The van der Waals surface area contributed by atoms with Crippen LogP contribution in [0.5, 0.6) is 0 Å². The van der Waals surface area contributed by atoms with Crippen molar-refractivity contribution in [1.29, 1.82) is 0 Å². The molecule has 8 heteroatoms. The molecule has 8 nitrogen and oxygen atoms in total. The standard InChI is InChI=1S/C22H27N7O/c1-27(2)18-6-4-16(5-7-18)25-17-9-12-29(13-10-17)22-26-20(14-21(30)28(22)3)19-8-11-23-15-24-19/h4-8,11,14-15,17,25H,9-10,12-13H2,1-3H3. The van der Waals surface area contributed by atoms with E-state index in [4.69, 9.17) is 4.98 Å². The summed E-state index contributed by atoms with van der Waals surface area (Å²) in [6.07, 6.45) is 5.08. The molecule has 2 aromatic heterocycles. The molecular weight excluding hydrogens is 378 g/mol. The molecule has 30 heavy (non-hydrogen) atoms. The maximum Gasteiger partial charge on any atom is 0.255 e. The topological polar surface area (TPSA) is 79.2 Å². The summed E-state index contributed by atoms with van der Waals surface area (Å²) in [7, 11) is 5.85. The number of rotatable bonds is 5. The van der Waals surface area contributed by atoms with Crippen molar-refractivity contribution in [2.75, 3.05) is 42.3 Å². The first-order chi connectivity index (χ1) is 14.5. The lowest BCUT2D eigenvalue weighted by molar-refractivity contribution is 0.513. The fraction of sp³-hybridized carbons (Fsp3) is 0.364. The maximum atomic E-state index is 12.5. The van der Waals surface area contributed by atoms with Crippen molar-refractivity contribution in [1.82, 2.24) is 19.5 Å². The van der Waals surface area contributed by atoms with Gasteiger partial charge in [0.2, 0.25) is 5.95 Å². The van der Waals surface area contributed by atoms with E-state index in [9.17, 15) is 4.79 Å². The number of anilines is 3. The van der Waals surface area contributed by atoms with Gasteiger partial charge in [0.15, 0.2) is 0 Å².